The number of nitrogens with one attached hydrogen (secondary N) is 1. The number of benzene rings is 1. The van der Waals surface area contributed by atoms with Crippen molar-refractivity contribution in [2.24, 2.45) is 10.1 Å². The van der Waals surface area contributed by atoms with Gasteiger partial charge in [0.15, 0.2) is 6.04 Å². The zero-order chi connectivity index (χ0) is 16.8. The summed E-state index contributed by atoms with van der Waals surface area (Å²) in [5, 5.41) is 23.2. The SMILES string of the molecule is CC([O-])=N[C@H](CO)C(=O)N/N=C\c1ccccc1S(=O)(=O)O.[Na+]. The molecule has 0 heterocycles. The van der Waals surface area contributed by atoms with E-state index in [9.17, 15) is 18.3 Å². The second-order valence-electron chi connectivity index (χ2n) is 4.09. The van der Waals surface area contributed by atoms with Crippen LogP contribution in [-0.4, -0.2) is 48.7 Å². The van der Waals surface area contributed by atoms with Crippen molar-refractivity contribution < 1.29 is 57.5 Å². The van der Waals surface area contributed by atoms with E-state index < -0.39 is 34.6 Å². The third-order valence-corrected chi connectivity index (χ3v) is 3.32. The van der Waals surface area contributed by atoms with Crippen LogP contribution < -0.4 is 40.1 Å². The van der Waals surface area contributed by atoms with Crippen molar-refractivity contribution in [2.75, 3.05) is 6.61 Å². The van der Waals surface area contributed by atoms with Crippen molar-refractivity contribution in [2.45, 2.75) is 17.9 Å². The minimum Gasteiger partial charge on any atom is -0.862 e. The number of carbonyl (C=O) groups is 1. The fourth-order valence-electron chi connectivity index (χ4n) is 1.46. The molecule has 0 aliphatic carbocycles. The van der Waals surface area contributed by atoms with E-state index in [0.29, 0.717) is 0 Å². The van der Waals surface area contributed by atoms with Crippen molar-refractivity contribution in [3.8, 4) is 0 Å². The van der Waals surface area contributed by atoms with Gasteiger partial charge in [0.1, 0.15) is 4.90 Å². The number of amides is 1. The van der Waals surface area contributed by atoms with Crippen LogP contribution >= 0.6 is 0 Å². The van der Waals surface area contributed by atoms with Crippen LogP contribution in [0, 0.1) is 0 Å². The Hall–Kier alpha value is -1.30. The van der Waals surface area contributed by atoms with Gasteiger partial charge in [-0.05, 0) is 18.9 Å². The van der Waals surface area contributed by atoms with E-state index in [2.05, 4.69) is 10.1 Å². The zero-order valence-electron chi connectivity index (χ0n) is 12.5. The Morgan fingerprint density at radius 2 is 2.04 bits per heavy atom. The molecule has 0 fully saturated rings. The fraction of sp³-hybridized carbons (Fsp3) is 0.250. The van der Waals surface area contributed by atoms with E-state index in [1.54, 1.807) is 0 Å². The molecule has 0 radical (unpaired) electrons. The van der Waals surface area contributed by atoms with Gasteiger partial charge in [-0.25, -0.2) is 5.43 Å². The van der Waals surface area contributed by atoms with Gasteiger partial charge in [-0.3, -0.25) is 14.3 Å². The maximum atomic E-state index is 11.6. The first-order valence-corrected chi connectivity index (χ1v) is 7.41. The summed E-state index contributed by atoms with van der Waals surface area (Å²) in [6.45, 7) is 0.449. The Balaban J connectivity index is 0.00000484. The molecule has 1 aromatic carbocycles. The predicted molar refractivity (Wildman–Crippen MR) is 76.0 cm³/mol. The van der Waals surface area contributed by atoms with Crippen LogP contribution in [-0.2, 0) is 14.9 Å². The Labute approximate surface area is 155 Å². The first-order chi connectivity index (χ1) is 10.3. The van der Waals surface area contributed by atoms with Gasteiger partial charge in [0, 0.05) is 5.56 Å². The van der Waals surface area contributed by atoms with Crippen molar-refractivity contribution in [3.05, 3.63) is 29.8 Å². The molecule has 1 amide bonds. The topological polar surface area (TPSA) is 151 Å². The second kappa shape index (κ2) is 9.75. The molecule has 0 aliphatic heterocycles. The number of hydrazone groups is 1. The van der Waals surface area contributed by atoms with E-state index >= 15 is 0 Å². The molecule has 0 aliphatic rings. The quantitative estimate of drug-likeness (QED) is 0.155. The van der Waals surface area contributed by atoms with E-state index in [0.717, 1.165) is 13.1 Å². The summed E-state index contributed by atoms with van der Waals surface area (Å²) in [4.78, 5) is 14.6. The molecule has 1 aromatic rings. The van der Waals surface area contributed by atoms with Crippen LogP contribution in [0.4, 0.5) is 0 Å². The van der Waals surface area contributed by atoms with E-state index in [-0.39, 0.29) is 40.0 Å². The fourth-order valence-corrected chi connectivity index (χ4v) is 2.13. The summed E-state index contributed by atoms with van der Waals surface area (Å²) < 4.78 is 31.3. The van der Waals surface area contributed by atoms with Crippen LogP contribution in [0.5, 0.6) is 0 Å². The van der Waals surface area contributed by atoms with Gasteiger partial charge in [-0.15, -0.1) is 0 Å². The zero-order valence-corrected chi connectivity index (χ0v) is 15.3. The average Bonchev–Trinajstić information content (AvgIpc) is 2.43. The number of hydrogen-bond donors (Lipinski definition) is 3. The van der Waals surface area contributed by atoms with Gasteiger partial charge in [-0.2, -0.15) is 13.5 Å². The number of aliphatic imine (C=N–C) groups is 1. The van der Waals surface area contributed by atoms with Crippen molar-refractivity contribution in [1.29, 1.82) is 0 Å². The normalized spacial score (nSPS) is 13.4. The van der Waals surface area contributed by atoms with Crippen LogP contribution in [0.3, 0.4) is 0 Å². The predicted octanol–water partition coefficient (Wildman–Crippen LogP) is -4.47. The second-order valence-corrected chi connectivity index (χ2v) is 5.48. The average molecular weight is 351 g/mol. The molecule has 23 heavy (non-hydrogen) atoms. The standard InChI is InChI=1S/C12H15N3O6S.Na/c1-8(17)14-10(7-16)12(18)15-13-6-9-4-2-3-5-11(9)22(19,20)21;/h2-6,10,16H,7H2,1H3,(H,14,17)(H,15,18)(H,19,20,21);/q;+1/p-1/b13-6-;/t10-;/m1./s1. The largest absolute Gasteiger partial charge is 1.00 e. The summed E-state index contributed by atoms with van der Waals surface area (Å²) in [5.74, 6) is -1.46. The third kappa shape index (κ3) is 7.20. The van der Waals surface area contributed by atoms with Gasteiger partial charge in [0.05, 0.1) is 12.8 Å². The van der Waals surface area contributed by atoms with Crippen molar-refractivity contribution in [1.82, 2.24) is 5.43 Å². The van der Waals surface area contributed by atoms with Gasteiger partial charge in [0.25, 0.3) is 16.0 Å². The summed E-state index contributed by atoms with van der Waals surface area (Å²) in [6, 6.07) is 4.15. The smallest absolute Gasteiger partial charge is 0.862 e. The number of aliphatic hydroxyl groups excluding tert-OH is 1. The minimum atomic E-state index is -4.43. The molecule has 1 atom stereocenters. The number of nitrogens with zero attached hydrogens (tertiary/aromatic N) is 2. The molecule has 3 N–H and O–H groups in total. The Bertz CT molecular complexity index is 701. The first kappa shape index (κ1) is 21.7. The number of hydrogen-bond acceptors (Lipinski definition) is 7. The van der Waals surface area contributed by atoms with Crippen LogP contribution in [0.2, 0.25) is 0 Å². The molecule has 0 saturated heterocycles. The van der Waals surface area contributed by atoms with E-state index in [1.807, 2.05) is 5.43 Å². The van der Waals surface area contributed by atoms with Gasteiger partial charge in [-0.1, -0.05) is 18.2 Å². The Morgan fingerprint density at radius 1 is 1.43 bits per heavy atom. The first-order valence-electron chi connectivity index (χ1n) is 5.97. The van der Waals surface area contributed by atoms with E-state index in [4.69, 9.17) is 9.66 Å². The van der Waals surface area contributed by atoms with Crippen LogP contribution in [0.15, 0.2) is 39.3 Å². The summed E-state index contributed by atoms with van der Waals surface area (Å²) in [6.07, 6.45) is 1.00. The third-order valence-electron chi connectivity index (χ3n) is 2.39. The van der Waals surface area contributed by atoms with Gasteiger partial charge < -0.3 is 10.2 Å². The van der Waals surface area contributed by atoms with E-state index in [1.165, 1.54) is 24.3 Å². The van der Waals surface area contributed by atoms with Gasteiger partial charge >= 0.3 is 29.6 Å². The summed E-state index contributed by atoms with van der Waals surface area (Å²) in [5.41, 5.74) is 2.06. The number of aliphatic hydroxyl groups is 1. The maximum absolute atomic E-state index is 11.6. The minimum absolute atomic E-state index is 0. The molecular formula is C12H14N3NaO6S. The molecule has 1 rings (SSSR count). The summed E-state index contributed by atoms with van der Waals surface area (Å²) >= 11 is 0. The van der Waals surface area contributed by atoms with Crippen LogP contribution in [0.25, 0.3) is 0 Å². The summed E-state index contributed by atoms with van der Waals surface area (Å²) in [7, 11) is -4.43. The van der Waals surface area contributed by atoms with Gasteiger partial charge in [0.2, 0.25) is 0 Å². The molecular weight excluding hydrogens is 337 g/mol. The Kier molecular flexibility index (Phi) is 9.20. The molecule has 0 saturated carbocycles. The van der Waals surface area contributed by atoms with Crippen LogP contribution in [0.1, 0.15) is 12.5 Å². The molecule has 0 aromatic heterocycles. The molecule has 11 heteroatoms. The van der Waals surface area contributed by atoms with Crippen molar-refractivity contribution >= 4 is 28.1 Å². The number of rotatable bonds is 6. The molecule has 0 spiro atoms. The monoisotopic (exact) mass is 351 g/mol. The molecule has 0 bridgehead atoms. The maximum Gasteiger partial charge on any atom is 1.00 e. The molecule has 0 unspecified atom stereocenters. The number of carbonyl (C=O) groups excluding carboxylic acids is 1. The Morgan fingerprint density at radius 3 is 2.57 bits per heavy atom. The molecule has 120 valence electrons. The molecule has 9 nitrogen and oxygen atoms in total. The van der Waals surface area contributed by atoms with Crippen molar-refractivity contribution in [3.63, 3.8) is 0 Å².